The van der Waals surface area contributed by atoms with Crippen LogP contribution in [0.1, 0.15) is 103 Å². The van der Waals surface area contributed by atoms with Gasteiger partial charge < -0.3 is 0 Å². The van der Waals surface area contributed by atoms with Gasteiger partial charge in [0.2, 0.25) is 0 Å². The Bertz CT molecular complexity index is 2600. The van der Waals surface area contributed by atoms with Crippen LogP contribution in [0.5, 0.6) is 0 Å². The summed E-state index contributed by atoms with van der Waals surface area (Å²) in [6, 6.07) is 45.2. The lowest BCUT2D eigenvalue weighted by Crippen LogP contribution is -2.40. The number of hydrogen-bond donors (Lipinski definition) is 0. The molecular formula is C58H59O2P. The summed E-state index contributed by atoms with van der Waals surface area (Å²) in [5.74, 6) is -0.625. The lowest BCUT2D eigenvalue weighted by molar-refractivity contribution is 0.283. The SMILES string of the molecule is Cc1c(C)c(C)c(-c2cccc(-c3c(C)c(C)c(C)c(C)c3C)c2C2(P(=O)=O)C(c3ccc(-c4ccccc4)cc3)CCCC2c2ccc(-c3ccccc3)cc2)c(C)c1C. The lowest BCUT2D eigenvalue weighted by Gasteiger charge is -2.48. The van der Waals surface area contributed by atoms with Gasteiger partial charge in [-0.3, -0.25) is 0 Å². The zero-order valence-corrected chi connectivity index (χ0v) is 38.6. The van der Waals surface area contributed by atoms with Crippen LogP contribution in [0.25, 0.3) is 44.5 Å². The van der Waals surface area contributed by atoms with Crippen LogP contribution in [0.4, 0.5) is 0 Å². The van der Waals surface area contributed by atoms with Gasteiger partial charge in [0, 0.05) is 11.8 Å². The van der Waals surface area contributed by atoms with Crippen LogP contribution in [0.15, 0.2) is 127 Å². The van der Waals surface area contributed by atoms with Gasteiger partial charge in [-0.1, -0.05) is 134 Å². The second kappa shape index (κ2) is 16.7. The molecule has 8 rings (SSSR count). The zero-order chi connectivity index (χ0) is 43.3. The summed E-state index contributed by atoms with van der Waals surface area (Å²) in [5.41, 5.74) is 24.5. The molecule has 0 N–H and O–H groups in total. The largest absolute Gasteiger partial charge is 0.327 e. The van der Waals surface area contributed by atoms with Gasteiger partial charge in [0.15, 0.2) is 0 Å². The highest BCUT2D eigenvalue weighted by molar-refractivity contribution is 7.32. The second-order valence-electron chi connectivity index (χ2n) is 17.8. The summed E-state index contributed by atoms with van der Waals surface area (Å²) in [6.45, 7) is 22.3. The Labute approximate surface area is 365 Å². The minimum absolute atomic E-state index is 0.313. The summed E-state index contributed by atoms with van der Waals surface area (Å²) in [7, 11) is -3.10. The maximum absolute atomic E-state index is 15.5. The van der Waals surface area contributed by atoms with Crippen molar-refractivity contribution in [3.8, 4) is 44.5 Å². The van der Waals surface area contributed by atoms with Crippen molar-refractivity contribution in [1.82, 2.24) is 0 Å². The first-order chi connectivity index (χ1) is 29.3. The highest BCUT2D eigenvalue weighted by Crippen LogP contribution is 2.67. The molecule has 0 aliphatic heterocycles. The van der Waals surface area contributed by atoms with Crippen LogP contribution >= 0.6 is 7.68 Å². The lowest BCUT2D eigenvalue weighted by atomic mass is 9.61. The molecule has 1 aliphatic carbocycles. The van der Waals surface area contributed by atoms with Gasteiger partial charge in [-0.2, -0.15) is 0 Å². The molecule has 0 amide bonds. The molecule has 0 bridgehead atoms. The second-order valence-corrected chi connectivity index (χ2v) is 19.1. The van der Waals surface area contributed by atoms with Crippen molar-refractivity contribution in [3.05, 3.63) is 200 Å². The molecule has 0 spiro atoms. The molecular weight excluding hydrogens is 760 g/mol. The van der Waals surface area contributed by atoms with Crippen LogP contribution < -0.4 is 0 Å². The summed E-state index contributed by atoms with van der Waals surface area (Å²) >= 11 is 0. The van der Waals surface area contributed by atoms with E-state index in [9.17, 15) is 0 Å². The van der Waals surface area contributed by atoms with Crippen molar-refractivity contribution in [2.24, 2.45) is 0 Å². The fourth-order valence-electron chi connectivity index (χ4n) is 11.0. The zero-order valence-electron chi connectivity index (χ0n) is 37.7. The van der Waals surface area contributed by atoms with Gasteiger partial charge in [0.1, 0.15) is 5.16 Å². The Morgan fingerprint density at radius 2 is 0.689 bits per heavy atom. The van der Waals surface area contributed by atoms with E-state index in [-0.39, 0.29) is 11.8 Å². The third kappa shape index (κ3) is 6.98. The maximum atomic E-state index is 15.5. The predicted molar refractivity (Wildman–Crippen MR) is 258 cm³/mol. The Balaban J connectivity index is 1.52. The molecule has 308 valence electrons. The van der Waals surface area contributed by atoms with Crippen LogP contribution in [0.3, 0.4) is 0 Å². The highest BCUT2D eigenvalue weighted by atomic mass is 31.1. The fourth-order valence-corrected chi connectivity index (χ4v) is 12.5. The van der Waals surface area contributed by atoms with Gasteiger partial charge in [-0.25, -0.2) is 9.13 Å². The molecule has 0 saturated heterocycles. The van der Waals surface area contributed by atoms with Gasteiger partial charge >= 0.3 is 7.68 Å². The van der Waals surface area contributed by atoms with Gasteiger partial charge in [-0.15, -0.1) is 0 Å². The number of benzene rings is 7. The van der Waals surface area contributed by atoms with Gasteiger partial charge in [0.25, 0.3) is 0 Å². The first-order valence-electron chi connectivity index (χ1n) is 22.0. The molecule has 61 heavy (non-hydrogen) atoms. The maximum Gasteiger partial charge on any atom is 0.327 e. The van der Waals surface area contributed by atoms with Crippen molar-refractivity contribution in [1.29, 1.82) is 0 Å². The van der Waals surface area contributed by atoms with E-state index >= 15 is 9.13 Å². The van der Waals surface area contributed by atoms with Crippen molar-refractivity contribution < 1.29 is 9.13 Å². The number of rotatable bonds is 8. The van der Waals surface area contributed by atoms with E-state index < -0.39 is 12.8 Å². The Morgan fingerprint density at radius 3 is 1.02 bits per heavy atom. The Hall–Kier alpha value is -5.56. The monoisotopic (exact) mass is 818 g/mol. The molecule has 0 heterocycles. The first-order valence-corrected chi connectivity index (χ1v) is 23.2. The molecule has 2 nitrogen and oxygen atoms in total. The van der Waals surface area contributed by atoms with Crippen LogP contribution in [-0.4, -0.2) is 0 Å². The normalized spacial score (nSPS) is 17.7. The molecule has 0 aromatic heterocycles. The fraction of sp³-hybridized carbons (Fsp3) is 0.276. The van der Waals surface area contributed by atoms with Gasteiger partial charge in [-0.05, 0) is 199 Å². The van der Waals surface area contributed by atoms with Crippen LogP contribution in [0.2, 0.25) is 0 Å². The van der Waals surface area contributed by atoms with Gasteiger partial charge in [0.05, 0.1) is 0 Å². The van der Waals surface area contributed by atoms with E-state index in [0.717, 1.165) is 80.5 Å². The predicted octanol–water partition coefficient (Wildman–Crippen LogP) is 16.6. The topological polar surface area (TPSA) is 34.1 Å². The molecule has 0 radical (unpaired) electrons. The standard InChI is InChI=1S/C58H59O2P/c1-35-37(3)41(7)55(42(8)38(35)4)51-23-17-24-52(56-43(9)39(5)36(2)40(6)44(56)10)57(51)58(61(59)60)53(49-31-27-47(28-32-49)45-19-13-11-14-20-45)25-18-26-54(58)50-33-29-48(30-34-50)46-21-15-12-16-22-46/h11-17,19-24,27-34,53-54H,18,25-26H2,1-10H3. The van der Waals surface area contributed by atoms with Crippen LogP contribution in [0, 0.1) is 69.2 Å². The Kier molecular flexibility index (Phi) is 11.5. The quantitative estimate of drug-likeness (QED) is 0.143. The van der Waals surface area contributed by atoms with E-state index in [2.05, 4.69) is 184 Å². The third-order valence-corrected chi connectivity index (χ3v) is 16.6. The van der Waals surface area contributed by atoms with E-state index in [0.29, 0.717) is 0 Å². The molecule has 2 unspecified atom stereocenters. The molecule has 2 atom stereocenters. The number of hydrogen-bond acceptors (Lipinski definition) is 2. The minimum Gasteiger partial charge on any atom is -0.236 e. The molecule has 7 aromatic rings. The molecule has 3 heteroatoms. The van der Waals surface area contributed by atoms with E-state index in [4.69, 9.17) is 0 Å². The summed E-state index contributed by atoms with van der Waals surface area (Å²) in [4.78, 5) is 0. The van der Waals surface area contributed by atoms with E-state index in [1.807, 2.05) is 12.1 Å². The Morgan fingerprint density at radius 1 is 0.377 bits per heavy atom. The highest BCUT2D eigenvalue weighted by Gasteiger charge is 2.57. The smallest absolute Gasteiger partial charge is 0.236 e. The molecule has 1 fully saturated rings. The molecule has 7 aromatic carbocycles. The first kappa shape index (κ1) is 42.1. The third-order valence-electron chi connectivity index (χ3n) is 15.2. The average molecular weight is 819 g/mol. The van der Waals surface area contributed by atoms with Crippen molar-refractivity contribution >= 4 is 7.68 Å². The minimum atomic E-state index is -3.10. The average Bonchev–Trinajstić information content (AvgIpc) is 3.29. The van der Waals surface area contributed by atoms with Crippen LogP contribution in [-0.2, 0) is 14.3 Å². The summed E-state index contributed by atoms with van der Waals surface area (Å²) < 4.78 is 31.1. The van der Waals surface area contributed by atoms with E-state index in [1.165, 1.54) is 55.6 Å². The molecule has 1 saturated carbocycles. The molecule has 1 aliphatic rings. The van der Waals surface area contributed by atoms with Crippen molar-refractivity contribution in [3.63, 3.8) is 0 Å². The van der Waals surface area contributed by atoms with Crippen molar-refractivity contribution in [2.75, 3.05) is 0 Å². The summed E-state index contributed by atoms with van der Waals surface area (Å²) in [5, 5.41) is -1.31. The van der Waals surface area contributed by atoms with Crippen molar-refractivity contribution in [2.45, 2.75) is 105 Å². The van der Waals surface area contributed by atoms with E-state index in [1.54, 1.807) is 0 Å². The summed E-state index contributed by atoms with van der Waals surface area (Å²) in [6.07, 6.45) is 2.43.